The van der Waals surface area contributed by atoms with Crippen LogP contribution in [0.1, 0.15) is 69.4 Å². The van der Waals surface area contributed by atoms with Crippen LogP contribution in [0.25, 0.3) is 0 Å². The van der Waals surface area contributed by atoms with Crippen molar-refractivity contribution in [2.24, 2.45) is 0 Å². The Labute approximate surface area is 135 Å². The highest BCUT2D eigenvalue weighted by molar-refractivity contribution is 5.76. The Balaban J connectivity index is 1.52. The summed E-state index contributed by atoms with van der Waals surface area (Å²) in [7, 11) is 0. The lowest BCUT2D eigenvalue weighted by Gasteiger charge is -2.14. The van der Waals surface area contributed by atoms with Gasteiger partial charge in [-0.15, -0.1) is 0 Å². The molecule has 0 atom stereocenters. The molecule has 0 aromatic heterocycles. The van der Waals surface area contributed by atoms with Gasteiger partial charge in [-0.25, -0.2) is 0 Å². The summed E-state index contributed by atoms with van der Waals surface area (Å²) in [6, 6.07) is 9.10. The van der Waals surface area contributed by atoms with Gasteiger partial charge in [0.05, 0.1) is 0 Å². The molecule has 0 bridgehead atoms. The minimum absolute atomic E-state index is 0.379. The lowest BCUT2D eigenvalue weighted by atomic mass is 10.0. The summed E-state index contributed by atoms with van der Waals surface area (Å²) in [6.45, 7) is 4.21. The molecule has 1 fully saturated rings. The van der Waals surface area contributed by atoms with Crippen molar-refractivity contribution >= 4 is 5.91 Å². The number of carbonyl (C=O) groups excluding carboxylic acids is 1. The second-order valence-corrected chi connectivity index (χ2v) is 6.57. The van der Waals surface area contributed by atoms with Crippen molar-refractivity contribution in [3.63, 3.8) is 0 Å². The maximum absolute atomic E-state index is 11.9. The first-order valence-corrected chi connectivity index (χ1v) is 9.15. The van der Waals surface area contributed by atoms with Gasteiger partial charge >= 0.3 is 0 Å². The van der Waals surface area contributed by atoms with Gasteiger partial charge in [0.15, 0.2) is 0 Å². The first kappa shape index (κ1) is 17.1. The minimum atomic E-state index is 0.379. The normalized spacial score (nSPS) is 14.5. The summed E-state index contributed by atoms with van der Waals surface area (Å²) in [4.78, 5) is 14.0. The first-order chi connectivity index (χ1) is 10.8. The van der Waals surface area contributed by atoms with Gasteiger partial charge in [-0.05, 0) is 49.7 Å². The zero-order chi connectivity index (χ0) is 15.6. The number of amides is 1. The van der Waals surface area contributed by atoms with E-state index in [9.17, 15) is 4.79 Å². The second-order valence-electron chi connectivity index (χ2n) is 6.57. The van der Waals surface area contributed by atoms with Crippen LogP contribution in [0.15, 0.2) is 24.3 Å². The lowest BCUT2D eigenvalue weighted by molar-refractivity contribution is -0.130. The summed E-state index contributed by atoms with van der Waals surface area (Å²) in [5.41, 5.74) is 2.90. The van der Waals surface area contributed by atoms with Gasteiger partial charge in [0.1, 0.15) is 0 Å². The third-order valence-electron chi connectivity index (χ3n) is 4.63. The standard InChI is InChI=1S/C20H31NO/c1-2-9-18-12-14-19(15-13-18)10-5-3-4-6-11-20(22)21-16-7-8-17-21/h12-15H,2-11,16-17H2,1H3. The first-order valence-electron chi connectivity index (χ1n) is 9.15. The molecule has 122 valence electrons. The molecule has 1 heterocycles. The number of hydrogen-bond donors (Lipinski definition) is 0. The molecule has 2 rings (SSSR count). The smallest absolute Gasteiger partial charge is 0.222 e. The van der Waals surface area contributed by atoms with Crippen molar-refractivity contribution in [1.29, 1.82) is 0 Å². The van der Waals surface area contributed by atoms with Crippen molar-refractivity contribution in [3.05, 3.63) is 35.4 Å². The molecule has 0 spiro atoms. The molecule has 1 aliphatic rings. The Hall–Kier alpha value is -1.31. The molecule has 1 aliphatic heterocycles. The SMILES string of the molecule is CCCc1ccc(CCCCCCC(=O)N2CCCC2)cc1. The highest BCUT2D eigenvalue weighted by Gasteiger charge is 2.16. The molecule has 0 aliphatic carbocycles. The fourth-order valence-electron chi connectivity index (χ4n) is 3.24. The topological polar surface area (TPSA) is 20.3 Å². The number of benzene rings is 1. The number of unbranched alkanes of at least 4 members (excludes halogenated alkanes) is 3. The summed E-state index contributed by atoms with van der Waals surface area (Å²) >= 11 is 0. The quantitative estimate of drug-likeness (QED) is 0.602. The van der Waals surface area contributed by atoms with Gasteiger partial charge in [0.25, 0.3) is 0 Å². The van der Waals surface area contributed by atoms with Gasteiger partial charge in [-0.1, -0.05) is 50.5 Å². The predicted octanol–water partition coefficient (Wildman–Crippen LogP) is 4.75. The van der Waals surface area contributed by atoms with Crippen LogP contribution in [-0.2, 0) is 17.6 Å². The number of aryl methyl sites for hydroxylation is 2. The predicted molar refractivity (Wildman–Crippen MR) is 93.0 cm³/mol. The fourth-order valence-corrected chi connectivity index (χ4v) is 3.24. The maximum atomic E-state index is 11.9. The van der Waals surface area contributed by atoms with E-state index in [0.717, 1.165) is 25.9 Å². The molecule has 1 amide bonds. The average molecular weight is 301 g/mol. The Morgan fingerprint density at radius 2 is 1.50 bits per heavy atom. The Kier molecular flexibility index (Phi) is 7.48. The Bertz CT molecular complexity index is 432. The van der Waals surface area contributed by atoms with E-state index in [1.165, 1.54) is 62.5 Å². The number of nitrogens with zero attached hydrogens (tertiary/aromatic N) is 1. The largest absolute Gasteiger partial charge is 0.343 e. The van der Waals surface area contributed by atoms with E-state index in [4.69, 9.17) is 0 Å². The molecule has 0 unspecified atom stereocenters. The third-order valence-corrected chi connectivity index (χ3v) is 4.63. The van der Waals surface area contributed by atoms with Crippen molar-refractivity contribution in [2.75, 3.05) is 13.1 Å². The summed E-state index contributed by atoms with van der Waals surface area (Å²) in [5.74, 6) is 0.379. The summed E-state index contributed by atoms with van der Waals surface area (Å²) in [5, 5.41) is 0. The van der Waals surface area contributed by atoms with E-state index in [0.29, 0.717) is 5.91 Å². The Morgan fingerprint density at radius 3 is 2.14 bits per heavy atom. The number of hydrogen-bond acceptors (Lipinski definition) is 1. The van der Waals surface area contributed by atoms with E-state index in [2.05, 4.69) is 31.2 Å². The number of likely N-dealkylation sites (tertiary alicyclic amines) is 1. The van der Waals surface area contributed by atoms with Gasteiger partial charge in [-0.3, -0.25) is 4.79 Å². The van der Waals surface area contributed by atoms with Crippen molar-refractivity contribution in [2.45, 2.75) is 71.1 Å². The third kappa shape index (κ3) is 5.82. The van der Waals surface area contributed by atoms with Crippen molar-refractivity contribution in [3.8, 4) is 0 Å². The molecular weight excluding hydrogens is 270 g/mol. The zero-order valence-corrected chi connectivity index (χ0v) is 14.2. The minimum Gasteiger partial charge on any atom is -0.343 e. The average Bonchev–Trinajstić information content (AvgIpc) is 3.07. The van der Waals surface area contributed by atoms with Crippen LogP contribution in [0.3, 0.4) is 0 Å². The molecule has 1 saturated heterocycles. The molecule has 0 saturated carbocycles. The number of rotatable bonds is 9. The van der Waals surface area contributed by atoms with Crippen LogP contribution in [0.2, 0.25) is 0 Å². The van der Waals surface area contributed by atoms with Crippen molar-refractivity contribution in [1.82, 2.24) is 4.90 Å². The van der Waals surface area contributed by atoms with Crippen LogP contribution >= 0.6 is 0 Å². The van der Waals surface area contributed by atoms with E-state index in [1.54, 1.807) is 0 Å². The molecule has 0 radical (unpaired) electrons. The summed E-state index contributed by atoms with van der Waals surface area (Å²) in [6.07, 6.45) is 11.5. The van der Waals surface area contributed by atoms with Gasteiger partial charge in [0, 0.05) is 19.5 Å². The van der Waals surface area contributed by atoms with Gasteiger partial charge in [-0.2, -0.15) is 0 Å². The van der Waals surface area contributed by atoms with Gasteiger partial charge < -0.3 is 4.90 Å². The highest BCUT2D eigenvalue weighted by atomic mass is 16.2. The molecule has 0 N–H and O–H groups in total. The molecular formula is C20H31NO. The molecule has 1 aromatic rings. The van der Waals surface area contributed by atoms with Gasteiger partial charge in [0.2, 0.25) is 5.91 Å². The molecule has 22 heavy (non-hydrogen) atoms. The van der Waals surface area contributed by atoms with E-state index in [-0.39, 0.29) is 0 Å². The molecule has 1 aromatic carbocycles. The van der Waals surface area contributed by atoms with E-state index < -0.39 is 0 Å². The molecule has 2 heteroatoms. The molecule has 2 nitrogen and oxygen atoms in total. The van der Waals surface area contributed by atoms with Crippen LogP contribution < -0.4 is 0 Å². The van der Waals surface area contributed by atoms with Crippen LogP contribution in [0.5, 0.6) is 0 Å². The number of carbonyl (C=O) groups is 1. The Morgan fingerprint density at radius 1 is 0.909 bits per heavy atom. The van der Waals surface area contributed by atoms with E-state index in [1.807, 2.05) is 4.90 Å². The fraction of sp³-hybridized carbons (Fsp3) is 0.650. The maximum Gasteiger partial charge on any atom is 0.222 e. The summed E-state index contributed by atoms with van der Waals surface area (Å²) < 4.78 is 0. The van der Waals surface area contributed by atoms with Crippen LogP contribution in [0, 0.1) is 0 Å². The van der Waals surface area contributed by atoms with E-state index >= 15 is 0 Å². The van der Waals surface area contributed by atoms with Crippen LogP contribution in [-0.4, -0.2) is 23.9 Å². The lowest BCUT2D eigenvalue weighted by Crippen LogP contribution is -2.27. The second kappa shape index (κ2) is 9.66. The monoisotopic (exact) mass is 301 g/mol. The van der Waals surface area contributed by atoms with Crippen molar-refractivity contribution < 1.29 is 4.79 Å². The highest BCUT2D eigenvalue weighted by Crippen LogP contribution is 2.14. The van der Waals surface area contributed by atoms with Crippen LogP contribution in [0.4, 0.5) is 0 Å². The zero-order valence-electron chi connectivity index (χ0n) is 14.2.